The summed E-state index contributed by atoms with van der Waals surface area (Å²) in [5, 5.41) is 4.75. The summed E-state index contributed by atoms with van der Waals surface area (Å²) in [5.41, 5.74) is 3.31. The zero-order valence-electron chi connectivity index (χ0n) is 21.7. The van der Waals surface area contributed by atoms with Crippen molar-refractivity contribution in [2.45, 2.75) is 63.4 Å². The number of anilines is 1. The number of nitrogens with one attached hydrogen (secondary N) is 1. The van der Waals surface area contributed by atoms with E-state index < -0.39 is 0 Å². The Bertz CT molecular complexity index is 1620. The van der Waals surface area contributed by atoms with Gasteiger partial charge >= 0.3 is 5.97 Å². The van der Waals surface area contributed by atoms with Crippen LogP contribution in [0.4, 0.5) is 5.00 Å². The van der Waals surface area contributed by atoms with Gasteiger partial charge in [0.15, 0.2) is 5.16 Å². The third kappa shape index (κ3) is 5.05. The van der Waals surface area contributed by atoms with Gasteiger partial charge in [0.2, 0.25) is 5.91 Å². The molecule has 0 saturated heterocycles. The van der Waals surface area contributed by atoms with E-state index in [1.165, 1.54) is 28.0 Å². The molecule has 1 N–H and O–H groups in total. The Labute approximate surface area is 238 Å². The predicted molar refractivity (Wildman–Crippen MR) is 158 cm³/mol. The van der Waals surface area contributed by atoms with E-state index in [0.717, 1.165) is 77.9 Å². The zero-order valence-corrected chi connectivity index (χ0v) is 24.2. The number of hydrogen-bond acceptors (Lipinski definition) is 8. The molecular weight excluding hydrogens is 551 g/mol. The smallest absolute Gasteiger partial charge is 0.341 e. The van der Waals surface area contributed by atoms with Crippen LogP contribution in [0.3, 0.4) is 0 Å². The molecule has 0 atom stereocenters. The molecule has 7 nitrogen and oxygen atoms in total. The predicted octanol–water partition coefficient (Wildman–Crippen LogP) is 6.17. The molecule has 0 fully saturated rings. The highest BCUT2D eigenvalue weighted by Crippen LogP contribution is 2.39. The number of hydrogen-bond donors (Lipinski definition) is 1. The van der Waals surface area contributed by atoms with Crippen molar-refractivity contribution in [1.29, 1.82) is 0 Å². The fourth-order valence-electron chi connectivity index (χ4n) is 5.47. The van der Waals surface area contributed by atoms with Crippen molar-refractivity contribution in [3.05, 3.63) is 67.1 Å². The van der Waals surface area contributed by atoms with E-state index in [2.05, 4.69) is 5.32 Å². The van der Waals surface area contributed by atoms with E-state index in [0.29, 0.717) is 21.1 Å². The number of benzene rings is 1. The summed E-state index contributed by atoms with van der Waals surface area (Å²) in [6.45, 7) is 2.07. The minimum absolute atomic E-state index is 0.0563. The van der Waals surface area contributed by atoms with Crippen LogP contribution in [0.1, 0.15) is 63.8 Å². The number of aromatic nitrogens is 2. The molecular formula is C29H29N3O4S3. The summed E-state index contributed by atoms with van der Waals surface area (Å²) in [6.07, 6.45) is 7.93. The van der Waals surface area contributed by atoms with Gasteiger partial charge in [-0.2, -0.15) is 0 Å². The Morgan fingerprint density at radius 2 is 1.74 bits per heavy atom. The number of carbonyl (C=O) groups is 2. The van der Waals surface area contributed by atoms with Crippen molar-refractivity contribution >= 4 is 61.5 Å². The first-order valence-corrected chi connectivity index (χ1v) is 16.0. The lowest BCUT2D eigenvalue weighted by atomic mass is 10.1. The Hall–Kier alpha value is -2.95. The van der Waals surface area contributed by atoms with Crippen LogP contribution in [-0.2, 0) is 35.2 Å². The van der Waals surface area contributed by atoms with Crippen molar-refractivity contribution in [3.8, 4) is 5.69 Å². The minimum Gasteiger partial charge on any atom is -0.462 e. The Kier molecular flexibility index (Phi) is 7.59. The van der Waals surface area contributed by atoms with Gasteiger partial charge in [-0.15, -0.1) is 22.7 Å². The molecule has 10 heteroatoms. The lowest BCUT2D eigenvalue weighted by Crippen LogP contribution is -2.23. The quantitative estimate of drug-likeness (QED) is 0.122. The largest absolute Gasteiger partial charge is 0.462 e. The fourth-order valence-corrected chi connectivity index (χ4v) is 8.88. The van der Waals surface area contributed by atoms with Crippen LogP contribution in [0.25, 0.3) is 15.9 Å². The lowest BCUT2D eigenvalue weighted by Gasteiger charge is -2.13. The highest BCUT2D eigenvalue weighted by atomic mass is 32.2. The second-order valence-electron chi connectivity index (χ2n) is 9.73. The summed E-state index contributed by atoms with van der Waals surface area (Å²) in [4.78, 5) is 47.9. The van der Waals surface area contributed by atoms with E-state index in [-0.39, 0.29) is 29.8 Å². The first kappa shape index (κ1) is 26.3. The van der Waals surface area contributed by atoms with Crippen LogP contribution in [-0.4, -0.2) is 33.8 Å². The number of aryl methyl sites for hydroxylation is 3. The SMILES string of the molecule is CCOC(=O)c1c(NC(=O)CSc2nc3sc4c(c3c(=O)n2-c2ccccc2)CCC4)sc2c1CCCCC2. The molecule has 2 aliphatic carbocycles. The second kappa shape index (κ2) is 11.3. The molecule has 0 unspecified atom stereocenters. The standard InChI is InChI=1S/C29H29N3O4S3/c1-2-36-28(35)24-19-12-7-4-8-14-20(19)39-26(24)30-22(33)16-37-29-31-25-23(18-13-9-15-21(18)38-25)27(34)32(29)17-10-5-3-6-11-17/h3,5-6,10-11H,2,4,7-9,12-16H2,1H3,(H,30,33). The topological polar surface area (TPSA) is 90.3 Å². The number of para-hydroxylation sites is 1. The normalized spacial score (nSPS) is 14.6. The summed E-state index contributed by atoms with van der Waals surface area (Å²) in [5.74, 6) is -0.569. The van der Waals surface area contributed by atoms with Crippen LogP contribution < -0.4 is 10.9 Å². The first-order valence-electron chi connectivity index (χ1n) is 13.4. The number of rotatable bonds is 7. The molecule has 0 radical (unpaired) electrons. The number of amides is 1. The van der Waals surface area contributed by atoms with Gasteiger partial charge in [-0.25, -0.2) is 9.78 Å². The van der Waals surface area contributed by atoms with Gasteiger partial charge in [0.25, 0.3) is 5.56 Å². The van der Waals surface area contributed by atoms with Crippen LogP contribution in [0.15, 0.2) is 40.3 Å². The minimum atomic E-state index is -0.379. The van der Waals surface area contributed by atoms with Gasteiger partial charge in [0, 0.05) is 9.75 Å². The van der Waals surface area contributed by atoms with Gasteiger partial charge in [-0.3, -0.25) is 14.2 Å². The average Bonchev–Trinajstić information content (AvgIpc) is 3.56. The monoisotopic (exact) mass is 579 g/mol. The maximum Gasteiger partial charge on any atom is 0.341 e. The van der Waals surface area contributed by atoms with Crippen LogP contribution in [0, 0.1) is 0 Å². The molecule has 6 rings (SSSR count). The molecule has 3 heterocycles. The summed E-state index contributed by atoms with van der Waals surface area (Å²) < 4.78 is 6.98. The molecule has 2 aliphatic rings. The number of carbonyl (C=O) groups excluding carboxylic acids is 2. The van der Waals surface area contributed by atoms with E-state index in [1.54, 1.807) is 22.8 Å². The number of thioether (sulfide) groups is 1. The first-order chi connectivity index (χ1) is 19.0. The van der Waals surface area contributed by atoms with Crippen molar-refractivity contribution in [2.24, 2.45) is 0 Å². The number of ether oxygens (including phenoxy) is 1. The summed E-state index contributed by atoms with van der Waals surface area (Å²) in [6, 6.07) is 9.46. The van der Waals surface area contributed by atoms with Crippen LogP contribution >= 0.6 is 34.4 Å². The molecule has 3 aromatic heterocycles. The van der Waals surface area contributed by atoms with Gasteiger partial charge < -0.3 is 10.1 Å². The molecule has 39 heavy (non-hydrogen) atoms. The number of fused-ring (bicyclic) bond motifs is 4. The van der Waals surface area contributed by atoms with Gasteiger partial charge in [0.05, 0.1) is 29.0 Å². The van der Waals surface area contributed by atoms with E-state index in [4.69, 9.17) is 9.72 Å². The average molecular weight is 580 g/mol. The highest BCUT2D eigenvalue weighted by Gasteiger charge is 2.27. The van der Waals surface area contributed by atoms with E-state index >= 15 is 0 Å². The van der Waals surface area contributed by atoms with Crippen molar-refractivity contribution in [1.82, 2.24) is 9.55 Å². The molecule has 202 valence electrons. The highest BCUT2D eigenvalue weighted by molar-refractivity contribution is 7.99. The van der Waals surface area contributed by atoms with Crippen molar-refractivity contribution in [3.63, 3.8) is 0 Å². The molecule has 0 saturated carbocycles. The lowest BCUT2D eigenvalue weighted by molar-refractivity contribution is -0.113. The van der Waals surface area contributed by atoms with Crippen LogP contribution in [0.2, 0.25) is 0 Å². The molecule has 0 bridgehead atoms. The Balaban J connectivity index is 1.30. The van der Waals surface area contributed by atoms with Gasteiger partial charge in [-0.05, 0) is 75.1 Å². The number of nitrogens with zero attached hydrogens (tertiary/aromatic N) is 2. The maximum absolute atomic E-state index is 13.8. The fraction of sp³-hybridized carbons (Fsp3) is 0.379. The summed E-state index contributed by atoms with van der Waals surface area (Å²) >= 11 is 4.32. The maximum atomic E-state index is 13.8. The third-order valence-corrected chi connectivity index (χ3v) is 10.5. The van der Waals surface area contributed by atoms with Crippen LogP contribution in [0.5, 0.6) is 0 Å². The molecule has 0 spiro atoms. The molecule has 1 amide bonds. The molecule has 1 aromatic carbocycles. The third-order valence-electron chi connectivity index (χ3n) is 7.21. The van der Waals surface area contributed by atoms with Gasteiger partial charge in [-0.1, -0.05) is 36.4 Å². The second-order valence-corrected chi connectivity index (χ2v) is 12.9. The molecule has 0 aliphatic heterocycles. The van der Waals surface area contributed by atoms with Crippen molar-refractivity contribution in [2.75, 3.05) is 17.7 Å². The Morgan fingerprint density at radius 1 is 1.00 bits per heavy atom. The number of esters is 1. The van der Waals surface area contributed by atoms with Gasteiger partial charge in [0.1, 0.15) is 9.83 Å². The Morgan fingerprint density at radius 3 is 2.56 bits per heavy atom. The number of thiophene rings is 2. The van der Waals surface area contributed by atoms with E-state index in [9.17, 15) is 14.4 Å². The van der Waals surface area contributed by atoms with E-state index in [1.807, 2.05) is 30.3 Å². The zero-order chi connectivity index (χ0) is 26.9. The molecule has 4 aromatic rings. The van der Waals surface area contributed by atoms with Crippen molar-refractivity contribution < 1.29 is 14.3 Å². The summed E-state index contributed by atoms with van der Waals surface area (Å²) in [7, 11) is 0.